The van der Waals surface area contributed by atoms with Crippen molar-refractivity contribution in [3.63, 3.8) is 0 Å². The maximum Gasteiger partial charge on any atom is 0.416 e. The van der Waals surface area contributed by atoms with Gasteiger partial charge in [-0.2, -0.15) is 13.2 Å². The van der Waals surface area contributed by atoms with E-state index in [1.165, 1.54) is 10.4 Å². The monoisotopic (exact) mass is 750 g/mol. The van der Waals surface area contributed by atoms with Crippen LogP contribution in [0.4, 0.5) is 18.9 Å². The van der Waals surface area contributed by atoms with Crippen LogP contribution in [0.3, 0.4) is 0 Å². The average Bonchev–Trinajstić information content (AvgIpc) is 3.46. The molecule has 1 aliphatic heterocycles. The minimum atomic E-state index is -4.47. The minimum Gasteiger partial charge on any atom is -0.483 e. The van der Waals surface area contributed by atoms with Gasteiger partial charge in [-0.25, -0.2) is 8.42 Å². The first-order chi connectivity index (χ1) is 25.3. The fourth-order valence-electron chi connectivity index (χ4n) is 6.44. The number of carboxylic acid groups (broad SMARTS) is 1. The van der Waals surface area contributed by atoms with E-state index in [0.717, 1.165) is 39.7 Å². The Kier molecular flexibility index (Phi) is 12.6. The number of carbonyl (C=O) groups excluding carboxylic acids is 1. The molecule has 0 saturated heterocycles. The number of sulfonamides is 1. The number of aliphatic hydroxyl groups excluding tert-OH is 1. The zero-order chi connectivity index (χ0) is 38.2. The highest BCUT2D eigenvalue weighted by molar-refractivity contribution is 7.92. The second-order valence-electron chi connectivity index (χ2n) is 12.7. The van der Waals surface area contributed by atoms with E-state index in [1.807, 2.05) is 78.4 Å². The lowest BCUT2D eigenvalue weighted by molar-refractivity contribution is -0.137. The van der Waals surface area contributed by atoms with Crippen molar-refractivity contribution < 1.29 is 41.4 Å². The molecular formula is C39H41F3N4O6S. The van der Waals surface area contributed by atoms with Crippen molar-refractivity contribution in [1.82, 2.24) is 15.2 Å². The standard InChI is InChI=1S/C38H39F3N4O4S.CH2O2/c1-2-29-25-44-16-17-50(48,49)45(24-27-12-7-4-8-13-27)34-21-30(20-32(29)36(34)44)37(47)43-33(19-26-10-5-3-6-11-26)35(46)23-42-22-28-14-9-15-31(18-28)38(39,40)41;2-1-3/h3-15,18,20-21,25,33,35,42,46H,2,16-17,19,22-24H2,1H3,(H,43,47);1H,(H,2,3)/t33-,35+;/m0./s1. The number of anilines is 1. The molecule has 0 bridgehead atoms. The van der Waals surface area contributed by atoms with Gasteiger partial charge in [-0.3, -0.25) is 13.9 Å². The first kappa shape index (κ1) is 39.0. The van der Waals surface area contributed by atoms with Crippen LogP contribution in [-0.2, 0) is 53.5 Å². The number of aliphatic hydroxyl groups is 1. The van der Waals surface area contributed by atoms with Gasteiger partial charge in [-0.1, -0.05) is 85.8 Å². The molecule has 53 heavy (non-hydrogen) atoms. The van der Waals surface area contributed by atoms with Gasteiger partial charge in [0.2, 0.25) is 10.0 Å². The third kappa shape index (κ3) is 9.63. The lowest BCUT2D eigenvalue weighted by atomic mass is 9.99. The molecule has 0 radical (unpaired) electrons. The molecular weight excluding hydrogens is 710 g/mol. The Morgan fingerprint density at radius 1 is 0.943 bits per heavy atom. The zero-order valence-electron chi connectivity index (χ0n) is 29.0. The highest BCUT2D eigenvalue weighted by Crippen LogP contribution is 2.37. The number of hydrogen-bond acceptors (Lipinski definition) is 6. The van der Waals surface area contributed by atoms with E-state index in [9.17, 15) is 31.5 Å². The van der Waals surface area contributed by atoms with Crippen molar-refractivity contribution >= 4 is 39.0 Å². The Labute approximate surface area is 305 Å². The Balaban J connectivity index is 0.00000175. The van der Waals surface area contributed by atoms with Gasteiger partial charge in [0.05, 0.1) is 41.2 Å². The highest BCUT2D eigenvalue weighted by atomic mass is 32.2. The van der Waals surface area contributed by atoms with Crippen LogP contribution in [0.2, 0.25) is 0 Å². The van der Waals surface area contributed by atoms with Crippen LogP contribution in [0.5, 0.6) is 0 Å². The van der Waals surface area contributed by atoms with E-state index in [-0.39, 0.29) is 50.4 Å². The van der Waals surface area contributed by atoms with Crippen LogP contribution >= 0.6 is 0 Å². The second-order valence-corrected chi connectivity index (χ2v) is 14.7. The zero-order valence-corrected chi connectivity index (χ0v) is 29.8. The number of carbonyl (C=O) groups is 2. The molecule has 0 saturated carbocycles. The highest BCUT2D eigenvalue weighted by Gasteiger charge is 2.32. The normalized spacial score (nSPS) is 14.8. The van der Waals surface area contributed by atoms with E-state index >= 15 is 0 Å². The number of hydrogen-bond donors (Lipinski definition) is 4. The van der Waals surface area contributed by atoms with Gasteiger partial charge in [0.1, 0.15) is 0 Å². The van der Waals surface area contributed by atoms with Gasteiger partial charge in [0.25, 0.3) is 12.4 Å². The van der Waals surface area contributed by atoms with Crippen LogP contribution in [0.15, 0.2) is 103 Å². The van der Waals surface area contributed by atoms with Gasteiger partial charge >= 0.3 is 6.18 Å². The molecule has 5 aromatic rings. The summed E-state index contributed by atoms with van der Waals surface area (Å²) in [4.78, 5) is 22.5. The summed E-state index contributed by atoms with van der Waals surface area (Å²) >= 11 is 0. The summed E-state index contributed by atoms with van der Waals surface area (Å²) in [6.07, 6.45) is -2.68. The number of aromatic nitrogens is 1. The van der Waals surface area contributed by atoms with Crippen molar-refractivity contribution in [2.24, 2.45) is 0 Å². The van der Waals surface area contributed by atoms with Crippen LogP contribution in [0, 0.1) is 0 Å². The maximum atomic E-state index is 14.1. The summed E-state index contributed by atoms with van der Waals surface area (Å²) in [5.41, 5.74) is 3.71. The molecule has 0 fully saturated rings. The summed E-state index contributed by atoms with van der Waals surface area (Å²) < 4.78 is 70.4. The number of amides is 1. The van der Waals surface area contributed by atoms with Crippen molar-refractivity contribution in [2.45, 2.75) is 57.7 Å². The Bertz CT molecular complexity index is 2130. The molecule has 4 aromatic carbocycles. The van der Waals surface area contributed by atoms with Crippen LogP contribution in [0.1, 0.15) is 45.1 Å². The quantitative estimate of drug-likeness (QED) is 0.119. The number of nitrogens with zero attached hydrogens (tertiary/aromatic N) is 2. The Morgan fingerprint density at radius 3 is 2.23 bits per heavy atom. The number of benzene rings is 4. The minimum absolute atomic E-state index is 0.00968. The van der Waals surface area contributed by atoms with Crippen LogP contribution in [-0.4, -0.2) is 60.0 Å². The Morgan fingerprint density at radius 2 is 1.58 bits per heavy atom. The van der Waals surface area contributed by atoms with Crippen molar-refractivity contribution in [3.05, 3.63) is 137 Å². The predicted molar refractivity (Wildman–Crippen MR) is 197 cm³/mol. The molecule has 4 N–H and O–H groups in total. The number of alkyl halides is 3. The fraction of sp³-hybridized carbons (Fsp3) is 0.282. The van der Waals surface area contributed by atoms with E-state index < -0.39 is 39.8 Å². The molecule has 2 atom stereocenters. The molecule has 280 valence electrons. The summed E-state index contributed by atoms with van der Waals surface area (Å²) in [6, 6.07) is 26.2. The molecule has 1 amide bonds. The molecule has 1 aliphatic rings. The number of halogens is 3. The van der Waals surface area contributed by atoms with E-state index in [4.69, 9.17) is 9.90 Å². The van der Waals surface area contributed by atoms with Crippen molar-refractivity contribution in [2.75, 3.05) is 16.6 Å². The summed E-state index contributed by atoms with van der Waals surface area (Å²) in [7, 11) is -3.76. The molecule has 0 aliphatic carbocycles. The molecule has 2 heterocycles. The predicted octanol–water partition coefficient (Wildman–Crippen LogP) is 5.77. The van der Waals surface area contributed by atoms with Crippen LogP contribution < -0.4 is 14.9 Å². The van der Waals surface area contributed by atoms with Gasteiger partial charge < -0.3 is 25.4 Å². The third-order valence-corrected chi connectivity index (χ3v) is 10.8. The number of rotatable bonds is 12. The van der Waals surface area contributed by atoms with Gasteiger partial charge in [-0.15, -0.1) is 0 Å². The van der Waals surface area contributed by atoms with Gasteiger partial charge in [-0.05, 0) is 53.3 Å². The lowest BCUT2D eigenvalue weighted by Crippen LogP contribution is -2.48. The van der Waals surface area contributed by atoms with E-state index in [0.29, 0.717) is 17.7 Å². The number of nitrogens with one attached hydrogen (secondary N) is 2. The van der Waals surface area contributed by atoms with Gasteiger partial charge in [0, 0.05) is 36.8 Å². The van der Waals surface area contributed by atoms with Gasteiger partial charge in [0.15, 0.2) is 0 Å². The van der Waals surface area contributed by atoms with Crippen molar-refractivity contribution in [3.8, 4) is 0 Å². The summed E-state index contributed by atoms with van der Waals surface area (Å²) in [6.45, 7) is 2.21. The SMILES string of the molecule is CCc1cn2c3c(cc(C(=O)N[C@@H](Cc4ccccc4)[C@H](O)CNCc4cccc(C(F)(F)F)c4)cc13)N(Cc1ccccc1)S(=O)(=O)CC2.O=CO. The summed E-state index contributed by atoms with van der Waals surface area (Å²) in [5.74, 6) is -0.584. The first-order valence-electron chi connectivity index (χ1n) is 17.0. The summed E-state index contributed by atoms with van der Waals surface area (Å²) in [5, 5.41) is 25.0. The van der Waals surface area contributed by atoms with Crippen LogP contribution in [0.25, 0.3) is 10.9 Å². The maximum absolute atomic E-state index is 14.1. The third-order valence-electron chi connectivity index (χ3n) is 9.06. The lowest BCUT2D eigenvalue weighted by Gasteiger charge is -2.26. The van der Waals surface area contributed by atoms with E-state index in [1.54, 1.807) is 18.2 Å². The molecule has 10 nitrogen and oxygen atoms in total. The topological polar surface area (TPSA) is 141 Å². The second kappa shape index (κ2) is 17.1. The Hall–Kier alpha value is -5.18. The molecule has 0 unspecified atom stereocenters. The van der Waals surface area contributed by atoms with E-state index in [2.05, 4.69) is 10.6 Å². The largest absolute Gasteiger partial charge is 0.483 e. The first-order valence-corrected chi connectivity index (χ1v) is 18.6. The molecule has 1 aromatic heterocycles. The molecule has 14 heteroatoms. The molecule has 6 rings (SSSR count). The van der Waals surface area contributed by atoms with Crippen molar-refractivity contribution in [1.29, 1.82) is 0 Å². The molecule has 0 spiro atoms. The smallest absolute Gasteiger partial charge is 0.416 e. The fourth-order valence-corrected chi connectivity index (χ4v) is 7.87. The number of aryl methyl sites for hydroxylation is 2. The average molecular weight is 751 g/mol.